The number of imidazole rings is 1. The Hall–Kier alpha value is -4.36. The maximum atomic E-state index is 5.15. The predicted molar refractivity (Wildman–Crippen MR) is 143 cm³/mol. The van der Waals surface area contributed by atoms with Crippen LogP contribution in [0.1, 0.15) is 12.5 Å². The van der Waals surface area contributed by atoms with Crippen LogP contribution in [0.3, 0.4) is 0 Å². The van der Waals surface area contributed by atoms with Crippen LogP contribution in [0.2, 0.25) is 0 Å². The Labute approximate surface area is 209 Å². The third-order valence-corrected chi connectivity index (χ3v) is 6.61. The Morgan fingerprint density at radius 1 is 0.917 bits per heavy atom. The minimum absolute atomic E-state index is 0.713. The second-order valence-corrected chi connectivity index (χ2v) is 9.17. The van der Waals surface area contributed by atoms with Crippen molar-refractivity contribution < 1.29 is 0 Å². The van der Waals surface area contributed by atoms with E-state index in [0.717, 1.165) is 57.7 Å². The quantitative estimate of drug-likeness (QED) is 0.321. The molecule has 7 nitrogen and oxygen atoms in total. The van der Waals surface area contributed by atoms with Crippen molar-refractivity contribution in [2.75, 3.05) is 13.6 Å². The van der Waals surface area contributed by atoms with Gasteiger partial charge in [0.25, 0.3) is 0 Å². The molecule has 0 unspecified atom stereocenters. The molecule has 0 spiro atoms. The zero-order valence-electron chi connectivity index (χ0n) is 20.6. The number of hydrogen-bond acceptors (Lipinski definition) is 5. The molecular formula is C29H27N7. The van der Waals surface area contributed by atoms with E-state index in [1.807, 2.05) is 40.5 Å². The van der Waals surface area contributed by atoms with Crippen molar-refractivity contribution in [3.63, 3.8) is 0 Å². The summed E-state index contributed by atoms with van der Waals surface area (Å²) in [7, 11) is 4.08. The fourth-order valence-electron chi connectivity index (χ4n) is 4.55. The molecule has 7 heteroatoms. The van der Waals surface area contributed by atoms with Crippen molar-refractivity contribution in [2.24, 2.45) is 7.05 Å². The van der Waals surface area contributed by atoms with Crippen molar-refractivity contribution in [1.82, 2.24) is 34.0 Å². The highest BCUT2D eigenvalue weighted by Crippen LogP contribution is 2.35. The van der Waals surface area contributed by atoms with Crippen molar-refractivity contribution >= 4 is 16.6 Å². The summed E-state index contributed by atoms with van der Waals surface area (Å²) in [5.41, 5.74) is 7.95. The van der Waals surface area contributed by atoms with Crippen LogP contribution in [0.5, 0.6) is 0 Å². The summed E-state index contributed by atoms with van der Waals surface area (Å²) >= 11 is 0. The van der Waals surface area contributed by atoms with Crippen molar-refractivity contribution in [2.45, 2.75) is 13.5 Å². The van der Waals surface area contributed by atoms with E-state index in [9.17, 15) is 0 Å². The lowest BCUT2D eigenvalue weighted by Gasteiger charge is -2.15. The van der Waals surface area contributed by atoms with Crippen LogP contribution >= 0.6 is 0 Å². The molecule has 0 amide bonds. The van der Waals surface area contributed by atoms with Gasteiger partial charge in [-0.3, -0.25) is 4.40 Å². The normalized spacial score (nSPS) is 11.7. The average molecular weight is 474 g/mol. The fourth-order valence-corrected chi connectivity index (χ4v) is 4.55. The van der Waals surface area contributed by atoms with E-state index >= 15 is 0 Å². The van der Waals surface area contributed by atoms with Crippen LogP contribution in [-0.2, 0) is 13.6 Å². The molecule has 2 aromatic carbocycles. The van der Waals surface area contributed by atoms with Gasteiger partial charge in [-0.1, -0.05) is 61.5 Å². The molecule has 6 aromatic rings. The maximum absolute atomic E-state index is 5.15. The first-order valence-electron chi connectivity index (χ1n) is 12.1. The Balaban J connectivity index is 1.53. The van der Waals surface area contributed by atoms with Gasteiger partial charge in [0.15, 0.2) is 11.5 Å². The number of fused-ring (bicyclic) bond motifs is 3. The van der Waals surface area contributed by atoms with Gasteiger partial charge in [-0.15, -0.1) is 10.2 Å². The first kappa shape index (κ1) is 22.1. The molecule has 6 rings (SSSR count). The highest BCUT2D eigenvalue weighted by Gasteiger charge is 2.17. The van der Waals surface area contributed by atoms with Gasteiger partial charge in [0.05, 0.1) is 17.5 Å². The molecule has 4 aromatic heterocycles. The summed E-state index contributed by atoms with van der Waals surface area (Å²) in [6, 6.07) is 23.4. The molecule has 36 heavy (non-hydrogen) atoms. The van der Waals surface area contributed by atoms with E-state index < -0.39 is 0 Å². The number of rotatable bonds is 6. The standard InChI is InChI=1S/C29H27N7/c1-4-34(2)17-20-10-12-22(13-11-20)27-23(21-8-6-5-7-9-21)16-24-25(31-27)14-15-36-28(24)32-33-29(36)26-18-35(3)19-30-26/h5-16,18-19H,4,17H2,1-3H3. The van der Waals surface area contributed by atoms with Gasteiger partial charge < -0.3 is 9.47 Å². The lowest BCUT2D eigenvalue weighted by Crippen LogP contribution is -2.16. The van der Waals surface area contributed by atoms with Crippen molar-refractivity contribution in [1.29, 1.82) is 0 Å². The molecule has 0 N–H and O–H groups in total. The summed E-state index contributed by atoms with van der Waals surface area (Å²) in [6.45, 7) is 4.12. The van der Waals surface area contributed by atoms with E-state index in [4.69, 9.17) is 4.98 Å². The number of aromatic nitrogens is 6. The molecule has 0 aliphatic heterocycles. The molecule has 0 saturated heterocycles. The molecule has 0 aliphatic carbocycles. The van der Waals surface area contributed by atoms with Crippen LogP contribution in [-0.4, -0.2) is 47.6 Å². The van der Waals surface area contributed by atoms with E-state index in [1.165, 1.54) is 5.56 Å². The number of pyridine rings is 2. The molecule has 178 valence electrons. The first-order valence-corrected chi connectivity index (χ1v) is 12.1. The lowest BCUT2D eigenvalue weighted by molar-refractivity contribution is 0.346. The first-order chi connectivity index (χ1) is 17.6. The van der Waals surface area contributed by atoms with Crippen molar-refractivity contribution in [3.05, 3.63) is 91.0 Å². The third kappa shape index (κ3) is 3.93. The summed E-state index contributed by atoms with van der Waals surface area (Å²) in [6.07, 6.45) is 5.69. The predicted octanol–water partition coefficient (Wildman–Crippen LogP) is 5.46. The highest BCUT2D eigenvalue weighted by molar-refractivity contribution is 5.98. The summed E-state index contributed by atoms with van der Waals surface area (Å²) < 4.78 is 3.89. The van der Waals surface area contributed by atoms with Gasteiger partial charge in [0, 0.05) is 42.5 Å². The SMILES string of the molecule is CCN(C)Cc1ccc(-c2nc3ccn4c(-c5cn(C)cn5)nnc4c3cc2-c2ccccc2)cc1. The van der Waals surface area contributed by atoms with Crippen LogP contribution in [0.4, 0.5) is 0 Å². The second-order valence-electron chi connectivity index (χ2n) is 9.17. The van der Waals surface area contributed by atoms with Crippen LogP contribution in [0.25, 0.3) is 50.5 Å². The minimum Gasteiger partial charge on any atom is -0.340 e. The lowest BCUT2D eigenvalue weighted by atomic mass is 9.97. The number of aryl methyl sites for hydroxylation is 1. The second kappa shape index (κ2) is 9.02. The van der Waals surface area contributed by atoms with Crippen LogP contribution in [0, 0.1) is 0 Å². The van der Waals surface area contributed by atoms with Crippen LogP contribution in [0.15, 0.2) is 85.5 Å². The monoisotopic (exact) mass is 473 g/mol. The fraction of sp³-hybridized carbons (Fsp3) is 0.172. The van der Waals surface area contributed by atoms with Gasteiger partial charge in [-0.2, -0.15) is 0 Å². The molecule has 0 atom stereocenters. The maximum Gasteiger partial charge on any atom is 0.188 e. The number of hydrogen-bond donors (Lipinski definition) is 0. The smallest absolute Gasteiger partial charge is 0.188 e. The van der Waals surface area contributed by atoms with Gasteiger partial charge in [0.2, 0.25) is 0 Å². The Kier molecular flexibility index (Phi) is 5.54. The average Bonchev–Trinajstić information content (AvgIpc) is 3.55. The molecule has 4 heterocycles. The summed E-state index contributed by atoms with van der Waals surface area (Å²) in [5.74, 6) is 0.713. The van der Waals surface area contributed by atoms with Gasteiger partial charge >= 0.3 is 0 Å². The zero-order chi connectivity index (χ0) is 24.6. The summed E-state index contributed by atoms with van der Waals surface area (Å²) in [5, 5.41) is 9.95. The van der Waals surface area contributed by atoms with E-state index in [2.05, 4.69) is 88.6 Å². The zero-order valence-corrected chi connectivity index (χ0v) is 20.6. The number of nitrogens with zero attached hydrogens (tertiary/aromatic N) is 7. The van der Waals surface area contributed by atoms with Gasteiger partial charge in [0.1, 0.15) is 5.69 Å². The molecule has 0 bridgehead atoms. The molecule has 0 fully saturated rings. The molecule has 0 saturated carbocycles. The Morgan fingerprint density at radius 3 is 2.44 bits per heavy atom. The highest BCUT2D eigenvalue weighted by atomic mass is 15.3. The largest absolute Gasteiger partial charge is 0.340 e. The van der Waals surface area contributed by atoms with Crippen molar-refractivity contribution in [3.8, 4) is 33.9 Å². The summed E-state index contributed by atoms with van der Waals surface area (Å²) in [4.78, 5) is 11.9. The van der Waals surface area contributed by atoms with Crippen LogP contribution < -0.4 is 0 Å². The molecule has 0 aliphatic rings. The van der Waals surface area contributed by atoms with E-state index in [-0.39, 0.29) is 0 Å². The van der Waals surface area contributed by atoms with Gasteiger partial charge in [-0.25, -0.2) is 9.97 Å². The Morgan fingerprint density at radius 2 is 1.72 bits per heavy atom. The minimum atomic E-state index is 0.713. The van der Waals surface area contributed by atoms with E-state index in [1.54, 1.807) is 6.33 Å². The van der Waals surface area contributed by atoms with Gasteiger partial charge in [-0.05, 0) is 36.9 Å². The third-order valence-electron chi connectivity index (χ3n) is 6.61. The number of benzene rings is 2. The topological polar surface area (TPSA) is 64.1 Å². The molecule has 0 radical (unpaired) electrons. The Bertz CT molecular complexity index is 1660. The molecular weight excluding hydrogens is 446 g/mol. The van der Waals surface area contributed by atoms with E-state index in [0.29, 0.717) is 5.82 Å².